The van der Waals surface area contributed by atoms with E-state index >= 15 is 0 Å². The van der Waals surface area contributed by atoms with Gasteiger partial charge in [-0.3, -0.25) is 15.1 Å². The third-order valence-electron chi connectivity index (χ3n) is 4.84. The van der Waals surface area contributed by atoms with E-state index in [1.165, 1.54) is 0 Å². The summed E-state index contributed by atoms with van der Waals surface area (Å²) < 4.78 is 5.55. The van der Waals surface area contributed by atoms with E-state index in [1.54, 1.807) is 0 Å². The number of ether oxygens (including phenoxy) is 1. The second-order valence-electron chi connectivity index (χ2n) is 7.01. The molecule has 0 fully saturated rings. The number of nitrogens with one attached hydrogen (secondary N) is 2. The van der Waals surface area contributed by atoms with Gasteiger partial charge in [0.25, 0.3) is 5.56 Å². The fourth-order valence-corrected chi connectivity index (χ4v) is 3.36. The molecule has 2 heterocycles. The van der Waals surface area contributed by atoms with Crippen LogP contribution in [0.15, 0.2) is 53.3 Å². The van der Waals surface area contributed by atoms with E-state index in [1.807, 2.05) is 69.3 Å². The topological polar surface area (TPSA) is 92.8 Å². The van der Waals surface area contributed by atoms with Crippen molar-refractivity contribution in [3.05, 3.63) is 81.4 Å². The van der Waals surface area contributed by atoms with Crippen LogP contribution in [0.3, 0.4) is 0 Å². The summed E-state index contributed by atoms with van der Waals surface area (Å²) in [6.07, 6.45) is 0.531. The zero-order chi connectivity index (χ0) is 21.1. The Kier molecular flexibility index (Phi) is 5.43. The molecule has 0 amide bonds. The first-order valence-corrected chi connectivity index (χ1v) is 9.85. The van der Waals surface area contributed by atoms with E-state index in [0.717, 1.165) is 27.9 Å². The Morgan fingerprint density at radius 1 is 1.00 bits per heavy atom. The van der Waals surface area contributed by atoms with Crippen LogP contribution in [0.1, 0.15) is 29.4 Å². The van der Waals surface area contributed by atoms with Crippen molar-refractivity contribution in [3.63, 3.8) is 0 Å². The molecule has 2 aromatic carbocycles. The smallest absolute Gasteiger partial charge is 0.256 e. The fourth-order valence-electron chi connectivity index (χ4n) is 3.36. The Hall–Kier alpha value is -3.74. The van der Waals surface area contributed by atoms with Gasteiger partial charge in [0.05, 0.1) is 23.5 Å². The third-order valence-corrected chi connectivity index (χ3v) is 4.84. The van der Waals surface area contributed by atoms with Gasteiger partial charge < -0.3 is 4.74 Å². The molecule has 152 valence electrons. The molecule has 4 rings (SSSR count). The lowest BCUT2D eigenvalue weighted by molar-refractivity contribution is 0.340. The number of nitrogens with zero attached hydrogens (tertiary/aromatic N) is 3. The van der Waals surface area contributed by atoms with Gasteiger partial charge in [-0.15, -0.1) is 0 Å². The maximum atomic E-state index is 12.6. The Labute approximate surface area is 174 Å². The largest absolute Gasteiger partial charge is 0.494 e. The molecule has 0 saturated carbocycles. The maximum Gasteiger partial charge on any atom is 0.256 e. The van der Waals surface area contributed by atoms with Gasteiger partial charge in [0.2, 0.25) is 11.9 Å². The Morgan fingerprint density at radius 2 is 1.80 bits per heavy atom. The van der Waals surface area contributed by atoms with E-state index in [2.05, 4.69) is 25.3 Å². The summed E-state index contributed by atoms with van der Waals surface area (Å²) in [6, 6.07) is 15.6. The fraction of sp³-hybridized carbons (Fsp3) is 0.217. The summed E-state index contributed by atoms with van der Waals surface area (Å²) in [5, 5.41) is 3.95. The molecule has 0 bridgehead atoms. The molecule has 7 heteroatoms. The van der Waals surface area contributed by atoms with Crippen molar-refractivity contribution in [3.8, 4) is 5.75 Å². The second-order valence-corrected chi connectivity index (χ2v) is 7.01. The highest BCUT2D eigenvalue weighted by Gasteiger charge is 2.11. The third kappa shape index (κ3) is 4.15. The molecule has 2 aromatic heterocycles. The minimum Gasteiger partial charge on any atom is -0.494 e. The van der Waals surface area contributed by atoms with Crippen LogP contribution < -0.4 is 15.6 Å². The molecule has 0 unspecified atom stereocenters. The molecule has 0 aliphatic heterocycles. The van der Waals surface area contributed by atoms with Crippen molar-refractivity contribution >= 4 is 22.8 Å². The van der Waals surface area contributed by atoms with Crippen LogP contribution >= 0.6 is 0 Å². The average molecular weight is 401 g/mol. The van der Waals surface area contributed by atoms with Crippen LogP contribution in [-0.4, -0.2) is 26.5 Å². The highest BCUT2D eigenvalue weighted by molar-refractivity contribution is 5.83. The van der Waals surface area contributed by atoms with E-state index in [9.17, 15) is 4.79 Å². The molecule has 0 atom stereocenters. The van der Waals surface area contributed by atoms with Gasteiger partial charge >= 0.3 is 0 Å². The number of anilines is 2. The molecule has 4 aromatic rings. The quantitative estimate of drug-likeness (QED) is 0.506. The summed E-state index contributed by atoms with van der Waals surface area (Å²) >= 11 is 0. The van der Waals surface area contributed by atoms with Crippen LogP contribution in [-0.2, 0) is 6.42 Å². The molecule has 7 nitrogen and oxygen atoms in total. The summed E-state index contributed by atoms with van der Waals surface area (Å²) in [4.78, 5) is 29.0. The number of aromatic amines is 1. The van der Waals surface area contributed by atoms with E-state index in [-0.39, 0.29) is 5.56 Å². The lowest BCUT2D eigenvalue weighted by Crippen LogP contribution is -2.19. The van der Waals surface area contributed by atoms with Crippen molar-refractivity contribution in [2.45, 2.75) is 27.2 Å². The predicted molar refractivity (Wildman–Crippen MR) is 118 cm³/mol. The van der Waals surface area contributed by atoms with E-state index in [4.69, 9.17) is 4.74 Å². The molecular weight excluding hydrogens is 378 g/mol. The first-order valence-electron chi connectivity index (χ1n) is 9.85. The van der Waals surface area contributed by atoms with Crippen LogP contribution in [0.25, 0.3) is 10.9 Å². The number of hydrogen-bond acceptors (Lipinski definition) is 6. The SMILES string of the molecule is CCOc1ccc2nc(Nc3nc(C)c(Cc4ccccc4)c(=O)[nH]3)nc(C)c2c1. The highest BCUT2D eigenvalue weighted by atomic mass is 16.5. The normalized spacial score (nSPS) is 10.9. The standard InChI is InChI=1S/C23H23N5O2/c1-4-30-17-10-11-20-18(13-17)14(2)24-22(26-20)28-23-25-15(3)19(21(29)27-23)12-16-8-6-5-7-9-16/h5-11,13H,4,12H2,1-3H3,(H2,24,25,26,27,28,29). The predicted octanol–water partition coefficient (Wildman–Crippen LogP) is 4.06. The summed E-state index contributed by atoms with van der Waals surface area (Å²) in [6.45, 7) is 6.29. The van der Waals surface area contributed by atoms with Gasteiger partial charge in [0.15, 0.2) is 0 Å². The van der Waals surface area contributed by atoms with Gasteiger partial charge in [-0.2, -0.15) is 0 Å². The number of aromatic nitrogens is 4. The molecule has 30 heavy (non-hydrogen) atoms. The van der Waals surface area contributed by atoms with Crippen LogP contribution in [0.2, 0.25) is 0 Å². The van der Waals surface area contributed by atoms with Crippen molar-refractivity contribution < 1.29 is 4.74 Å². The minimum absolute atomic E-state index is 0.173. The number of hydrogen-bond donors (Lipinski definition) is 2. The Balaban J connectivity index is 1.62. The zero-order valence-corrected chi connectivity index (χ0v) is 17.2. The van der Waals surface area contributed by atoms with E-state index < -0.39 is 0 Å². The van der Waals surface area contributed by atoms with Crippen LogP contribution in [0, 0.1) is 13.8 Å². The first-order chi connectivity index (χ1) is 14.5. The number of fused-ring (bicyclic) bond motifs is 1. The van der Waals surface area contributed by atoms with Gasteiger partial charge in [-0.25, -0.2) is 15.0 Å². The number of aryl methyl sites for hydroxylation is 2. The molecular formula is C23H23N5O2. The summed E-state index contributed by atoms with van der Waals surface area (Å²) in [5.41, 5.74) is 3.80. The van der Waals surface area contributed by atoms with Crippen molar-refractivity contribution in [2.75, 3.05) is 11.9 Å². The van der Waals surface area contributed by atoms with Crippen LogP contribution in [0.5, 0.6) is 5.75 Å². The zero-order valence-electron chi connectivity index (χ0n) is 17.2. The molecule has 0 saturated heterocycles. The molecule has 0 aliphatic carbocycles. The van der Waals surface area contributed by atoms with Gasteiger partial charge in [0, 0.05) is 17.4 Å². The summed E-state index contributed by atoms with van der Waals surface area (Å²) in [5.74, 6) is 1.48. The molecule has 0 spiro atoms. The van der Waals surface area contributed by atoms with Gasteiger partial charge in [-0.05, 0) is 44.5 Å². The van der Waals surface area contributed by atoms with Crippen molar-refractivity contribution in [2.24, 2.45) is 0 Å². The average Bonchev–Trinajstić information content (AvgIpc) is 2.72. The molecule has 0 aliphatic rings. The van der Waals surface area contributed by atoms with Gasteiger partial charge in [0.1, 0.15) is 5.75 Å². The minimum atomic E-state index is -0.173. The van der Waals surface area contributed by atoms with Gasteiger partial charge in [-0.1, -0.05) is 30.3 Å². The number of H-pyrrole nitrogens is 1. The van der Waals surface area contributed by atoms with Crippen molar-refractivity contribution in [1.29, 1.82) is 0 Å². The van der Waals surface area contributed by atoms with Crippen LogP contribution in [0.4, 0.5) is 11.9 Å². The molecule has 2 N–H and O–H groups in total. The highest BCUT2D eigenvalue weighted by Crippen LogP contribution is 2.23. The number of benzene rings is 2. The monoisotopic (exact) mass is 401 g/mol. The Morgan fingerprint density at radius 3 is 2.53 bits per heavy atom. The maximum absolute atomic E-state index is 12.6. The second kappa shape index (κ2) is 8.32. The van der Waals surface area contributed by atoms with E-state index in [0.29, 0.717) is 36.2 Å². The van der Waals surface area contributed by atoms with Crippen molar-refractivity contribution in [1.82, 2.24) is 19.9 Å². The lowest BCUT2D eigenvalue weighted by Gasteiger charge is -2.11. The molecule has 0 radical (unpaired) electrons. The first kappa shape index (κ1) is 19.6. The lowest BCUT2D eigenvalue weighted by atomic mass is 10.1. The number of rotatable bonds is 6. The summed E-state index contributed by atoms with van der Waals surface area (Å²) in [7, 11) is 0. The Bertz CT molecular complexity index is 1250.